The molecule has 0 aliphatic carbocycles. The Labute approximate surface area is 98.3 Å². The van der Waals surface area contributed by atoms with Crippen molar-refractivity contribution in [3.8, 4) is 0 Å². The topological polar surface area (TPSA) is 54.9 Å². The molecule has 2 atom stereocenters. The third-order valence-corrected chi connectivity index (χ3v) is 4.05. The largest absolute Gasteiger partial charge is 0.313 e. The van der Waals surface area contributed by atoms with Crippen molar-refractivity contribution in [3.05, 3.63) is 18.0 Å². The average Bonchev–Trinajstić information content (AvgIpc) is 2.30. The van der Waals surface area contributed by atoms with Crippen LogP contribution in [0.3, 0.4) is 0 Å². The van der Waals surface area contributed by atoms with Gasteiger partial charge in [0.25, 0.3) is 0 Å². The van der Waals surface area contributed by atoms with E-state index >= 15 is 0 Å². The maximum absolute atomic E-state index is 12.0. The summed E-state index contributed by atoms with van der Waals surface area (Å²) in [6.07, 6.45) is 5.23. The number of nitrogens with zero attached hydrogens (tertiary/aromatic N) is 2. The predicted molar refractivity (Wildman–Crippen MR) is 63.7 cm³/mol. The lowest BCUT2D eigenvalue weighted by Gasteiger charge is -2.22. The van der Waals surface area contributed by atoms with E-state index in [9.17, 15) is 4.21 Å². The van der Waals surface area contributed by atoms with Gasteiger partial charge in [0.1, 0.15) is 0 Å². The summed E-state index contributed by atoms with van der Waals surface area (Å²) in [6.45, 7) is 2.93. The summed E-state index contributed by atoms with van der Waals surface area (Å²) in [6, 6.07) is 2.18. The van der Waals surface area contributed by atoms with E-state index in [0.717, 1.165) is 18.7 Å². The molecule has 0 saturated carbocycles. The van der Waals surface area contributed by atoms with Crippen LogP contribution >= 0.6 is 0 Å². The molecule has 1 N–H and O–H groups in total. The van der Waals surface area contributed by atoms with Gasteiger partial charge in [0.05, 0.1) is 10.8 Å². The van der Waals surface area contributed by atoms with E-state index in [2.05, 4.69) is 15.3 Å². The molecule has 2 rings (SSSR count). The minimum atomic E-state index is -1.08. The zero-order valence-electron chi connectivity index (χ0n) is 9.48. The fraction of sp³-hybridized carbons (Fsp3) is 0.636. The van der Waals surface area contributed by atoms with Crippen LogP contribution in [0.1, 0.15) is 25.0 Å². The number of aromatic nitrogens is 2. The van der Waals surface area contributed by atoms with Gasteiger partial charge in [-0.3, -0.25) is 4.21 Å². The standard InChI is InChI=1S/C11H17N3OS/c1-9-5-7-13-11(14-9)16(15)8-10-4-2-3-6-12-10/h5,7,10,12H,2-4,6,8H2,1H3/t10-,16+/m0/s1. The summed E-state index contributed by atoms with van der Waals surface area (Å²) in [5.74, 6) is 0.628. The molecule has 4 nitrogen and oxygen atoms in total. The number of hydrogen-bond donors (Lipinski definition) is 1. The van der Waals surface area contributed by atoms with Crippen LogP contribution in [-0.2, 0) is 10.8 Å². The fourth-order valence-corrected chi connectivity index (χ4v) is 3.08. The lowest BCUT2D eigenvalue weighted by molar-refractivity contribution is 0.427. The van der Waals surface area contributed by atoms with E-state index in [-0.39, 0.29) is 0 Å². The Morgan fingerprint density at radius 1 is 1.56 bits per heavy atom. The summed E-state index contributed by atoms with van der Waals surface area (Å²) in [5, 5.41) is 3.85. The second-order valence-corrected chi connectivity index (χ2v) is 5.53. The van der Waals surface area contributed by atoms with Gasteiger partial charge in [-0.2, -0.15) is 0 Å². The number of hydrogen-bond acceptors (Lipinski definition) is 4. The maximum atomic E-state index is 12.0. The van der Waals surface area contributed by atoms with Gasteiger partial charge < -0.3 is 5.32 Å². The average molecular weight is 239 g/mol. The van der Waals surface area contributed by atoms with Crippen molar-refractivity contribution >= 4 is 10.8 Å². The van der Waals surface area contributed by atoms with Crippen LogP contribution in [0.2, 0.25) is 0 Å². The Morgan fingerprint density at radius 2 is 2.44 bits per heavy atom. The highest BCUT2D eigenvalue weighted by Gasteiger charge is 2.17. The second kappa shape index (κ2) is 5.50. The molecule has 0 unspecified atom stereocenters. The molecule has 0 spiro atoms. The summed E-state index contributed by atoms with van der Waals surface area (Å²) in [4.78, 5) is 8.27. The molecule has 1 aromatic rings. The van der Waals surface area contributed by atoms with Gasteiger partial charge in [-0.25, -0.2) is 9.97 Å². The quantitative estimate of drug-likeness (QED) is 0.801. The third kappa shape index (κ3) is 3.09. The minimum absolute atomic E-state index is 0.360. The molecular weight excluding hydrogens is 222 g/mol. The van der Waals surface area contributed by atoms with Crippen LogP contribution in [0.15, 0.2) is 17.4 Å². The van der Waals surface area contributed by atoms with Gasteiger partial charge in [-0.15, -0.1) is 0 Å². The van der Waals surface area contributed by atoms with E-state index in [1.54, 1.807) is 6.20 Å². The predicted octanol–water partition coefficient (Wildman–Crippen LogP) is 1.03. The summed E-state index contributed by atoms with van der Waals surface area (Å²) < 4.78 is 12.0. The molecule has 2 heterocycles. The van der Waals surface area contributed by atoms with Crippen LogP contribution in [-0.4, -0.2) is 32.5 Å². The van der Waals surface area contributed by atoms with Gasteiger partial charge >= 0.3 is 0 Å². The molecular formula is C11H17N3OS. The van der Waals surface area contributed by atoms with Crippen LogP contribution < -0.4 is 5.32 Å². The number of rotatable bonds is 3. The highest BCUT2D eigenvalue weighted by Crippen LogP contribution is 2.10. The van der Waals surface area contributed by atoms with Gasteiger partial charge in [0.2, 0.25) is 5.16 Å². The number of piperidine rings is 1. The molecule has 1 aliphatic rings. The lowest BCUT2D eigenvalue weighted by Crippen LogP contribution is -2.38. The Kier molecular flexibility index (Phi) is 4.01. The van der Waals surface area contributed by atoms with Gasteiger partial charge in [-0.05, 0) is 32.4 Å². The summed E-state index contributed by atoms with van der Waals surface area (Å²) in [5.41, 5.74) is 0.870. The molecule has 1 fully saturated rings. The summed E-state index contributed by atoms with van der Waals surface area (Å²) >= 11 is 0. The van der Waals surface area contributed by atoms with Crippen LogP contribution in [0.25, 0.3) is 0 Å². The first-order valence-corrected chi connectivity index (χ1v) is 6.99. The van der Waals surface area contributed by atoms with Crippen LogP contribution in [0.5, 0.6) is 0 Å². The van der Waals surface area contributed by atoms with Gasteiger partial charge in [0, 0.05) is 23.7 Å². The van der Waals surface area contributed by atoms with Crippen molar-refractivity contribution < 1.29 is 4.21 Å². The van der Waals surface area contributed by atoms with Gasteiger partial charge in [-0.1, -0.05) is 6.42 Å². The molecule has 1 aromatic heterocycles. The molecule has 16 heavy (non-hydrogen) atoms. The highest BCUT2D eigenvalue weighted by atomic mass is 32.2. The van der Waals surface area contributed by atoms with Crippen molar-refractivity contribution in [3.63, 3.8) is 0 Å². The van der Waals surface area contributed by atoms with Crippen LogP contribution in [0, 0.1) is 6.92 Å². The Balaban J connectivity index is 1.97. The number of nitrogens with one attached hydrogen (secondary N) is 1. The third-order valence-electron chi connectivity index (χ3n) is 2.74. The molecule has 0 bridgehead atoms. The Bertz CT molecular complexity index is 377. The maximum Gasteiger partial charge on any atom is 0.218 e. The monoisotopic (exact) mass is 239 g/mol. The zero-order valence-corrected chi connectivity index (χ0v) is 10.3. The molecule has 88 valence electrons. The molecule has 0 amide bonds. The SMILES string of the molecule is Cc1ccnc([S@](=O)C[C@@H]2CCCCN2)n1. The van der Waals surface area contributed by atoms with E-state index < -0.39 is 10.8 Å². The zero-order chi connectivity index (χ0) is 11.4. The van der Waals surface area contributed by atoms with Crippen LogP contribution in [0.4, 0.5) is 0 Å². The second-order valence-electron chi connectivity index (χ2n) is 4.14. The lowest BCUT2D eigenvalue weighted by atomic mass is 10.1. The fourth-order valence-electron chi connectivity index (χ4n) is 1.86. The van der Waals surface area contributed by atoms with Crippen molar-refractivity contribution in [2.24, 2.45) is 0 Å². The molecule has 1 saturated heterocycles. The highest BCUT2D eigenvalue weighted by molar-refractivity contribution is 7.84. The Hall–Kier alpha value is -0.810. The first kappa shape index (κ1) is 11.7. The van der Waals surface area contributed by atoms with E-state index in [0.29, 0.717) is 17.0 Å². The Morgan fingerprint density at radius 3 is 3.12 bits per heavy atom. The van der Waals surface area contributed by atoms with Crippen molar-refractivity contribution in [2.75, 3.05) is 12.3 Å². The first-order valence-electron chi connectivity index (χ1n) is 5.67. The smallest absolute Gasteiger partial charge is 0.218 e. The minimum Gasteiger partial charge on any atom is -0.313 e. The molecule has 0 radical (unpaired) electrons. The van der Waals surface area contributed by atoms with Gasteiger partial charge in [0.15, 0.2) is 0 Å². The van der Waals surface area contributed by atoms with E-state index in [1.165, 1.54) is 12.8 Å². The van der Waals surface area contributed by atoms with Crippen molar-refractivity contribution in [2.45, 2.75) is 37.4 Å². The summed E-state index contributed by atoms with van der Waals surface area (Å²) in [7, 11) is -1.08. The first-order chi connectivity index (χ1) is 7.75. The molecule has 0 aromatic carbocycles. The normalized spacial score (nSPS) is 22.9. The van der Waals surface area contributed by atoms with Crippen molar-refractivity contribution in [1.29, 1.82) is 0 Å². The van der Waals surface area contributed by atoms with E-state index in [1.807, 2.05) is 13.0 Å². The molecule has 5 heteroatoms. The van der Waals surface area contributed by atoms with E-state index in [4.69, 9.17) is 0 Å². The van der Waals surface area contributed by atoms with Crippen molar-refractivity contribution in [1.82, 2.24) is 15.3 Å². The molecule has 1 aliphatic heterocycles. The number of aryl methyl sites for hydroxylation is 1.